The third-order valence-electron chi connectivity index (χ3n) is 3.40. The van der Waals surface area contributed by atoms with Crippen LogP contribution in [0.25, 0.3) is 5.57 Å². The summed E-state index contributed by atoms with van der Waals surface area (Å²) < 4.78 is 0. The largest absolute Gasteiger partial charge is 0.508 e. The number of allylic oxidation sites excluding steroid dienone is 2. The molecule has 0 saturated carbocycles. The molecule has 1 amide bonds. The first kappa shape index (κ1) is 13.9. The zero-order chi connectivity index (χ0) is 15.5. The number of nitrogens with one attached hydrogen (secondary N) is 1. The predicted molar refractivity (Wildman–Crippen MR) is 83.9 cm³/mol. The number of benzene rings is 2. The van der Waals surface area contributed by atoms with E-state index in [-0.39, 0.29) is 17.1 Å². The van der Waals surface area contributed by atoms with Crippen molar-refractivity contribution in [2.24, 2.45) is 5.10 Å². The number of fused-ring (bicyclic) bond motifs is 1. The van der Waals surface area contributed by atoms with Crippen LogP contribution in [0.5, 0.6) is 11.5 Å². The van der Waals surface area contributed by atoms with Crippen LogP contribution in [0.3, 0.4) is 0 Å². The standard InChI is InChI=1S/C17H14N2O3/c20-14-7-13(8-15(21)9-14)17(22)19-18-10-12-6-5-11-3-1-2-4-16(11)12/h1-4,6-10,20-21H,5H2,(H,19,22)/b18-10+. The number of hydrazone groups is 1. The van der Waals surface area contributed by atoms with Gasteiger partial charge >= 0.3 is 0 Å². The normalized spacial score (nSPS) is 13.0. The third kappa shape index (κ3) is 2.83. The van der Waals surface area contributed by atoms with Gasteiger partial charge in [-0.25, -0.2) is 5.43 Å². The Hall–Kier alpha value is -3.08. The fraction of sp³-hybridized carbons (Fsp3) is 0.0588. The number of phenols is 2. The number of hydrogen-bond acceptors (Lipinski definition) is 4. The average Bonchev–Trinajstić information content (AvgIpc) is 2.90. The van der Waals surface area contributed by atoms with E-state index in [1.54, 1.807) is 6.21 Å². The van der Waals surface area contributed by atoms with Gasteiger partial charge in [0.2, 0.25) is 0 Å². The van der Waals surface area contributed by atoms with Gasteiger partial charge in [0.15, 0.2) is 0 Å². The van der Waals surface area contributed by atoms with Gasteiger partial charge in [0.05, 0.1) is 6.21 Å². The van der Waals surface area contributed by atoms with Crippen LogP contribution in [0.4, 0.5) is 0 Å². The van der Waals surface area contributed by atoms with Crippen molar-refractivity contribution in [3.8, 4) is 11.5 Å². The van der Waals surface area contributed by atoms with Crippen LogP contribution >= 0.6 is 0 Å². The summed E-state index contributed by atoms with van der Waals surface area (Å²) in [5.74, 6) is -0.863. The molecule has 2 aromatic rings. The maximum absolute atomic E-state index is 11.9. The second-order valence-electron chi connectivity index (χ2n) is 4.96. The first-order valence-corrected chi connectivity index (χ1v) is 6.78. The molecule has 3 rings (SSSR count). The molecule has 0 bridgehead atoms. The lowest BCUT2D eigenvalue weighted by Crippen LogP contribution is -2.17. The monoisotopic (exact) mass is 294 g/mol. The lowest BCUT2D eigenvalue weighted by atomic mass is 10.1. The van der Waals surface area contributed by atoms with Crippen molar-refractivity contribution >= 4 is 17.7 Å². The minimum Gasteiger partial charge on any atom is -0.508 e. The highest BCUT2D eigenvalue weighted by molar-refractivity contribution is 6.12. The van der Waals surface area contributed by atoms with Gasteiger partial charge in [-0.1, -0.05) is 30.3 Å². The Kier molecular flexibility index (Phi) is 3.62. The number of carbonyl (C=O) groups is 1. The Labute approximate surface area is 127 Å². The van der Waals surface area contributed by atoms with Crippen LogP contribution in [0.1, 0.15) is 21.5 Å². The number of phenolic OH excluding ortho intramolecular Hbond substituents is 2. The molecule has 0 unspecified atom stereocenters. The zero-order valence-corrected chi connectivity index (χ0v) is 11.7. The molecule has 0 saturated heterocycles. The Balaban J connectivity index is 1.69. The molecule has 0 aliphatic heterocycles. The van der Waals surface area contributed by atoms with E-state index in [1.165, 1.54) is 17.7 Å². The summed E-state index contributed by atoms with van der Waals surface area (Å²) in [6, 6.07) is 11.7. The van der Waals surface area contributed by atoms with E-state index in [0.717, 1.165) is 23.6 Å². The smallest absolute Gasteiger partial charge is 0.271 e. The Morgan fingerprint density at radius 1 is 1.14 bits per heavy atom. The predicted octanol–water partition coefficient (Wildman–Crippen LogP) is 2.45. The summed E-state index contributed by atoms with van der Waals surface area (Å²) in [4.78, 5) is 11.9. The lowest BCUT2D eigenvalue weighted by Gasteiger charge is -2.03. The minimum atomic E-state index is -0.505. The van der Waals surface area contributed by atoms with E-state index in [1.807, 2.05) is 24.3 Å². The van der Waals surface area contributed by atoms with E-state index in [4.69, 9.17) is 0 Å². The summed E-state index contributed by atoms with van der Waals surface area (Å²) in [6.07, 6.45) is 4.48. The van der Waals surface area contributed by atoms with E-state index in [2.05, 4.69) is 16.6 Å². The first-order valence-electron chi connectivity index (χ1n) is 6.78. The van der Waals surface area contributed by atoms with Gasteiger partial charge in [-0.05, 0) is 35.3 Å². The van der Waals surface area contributed by atoms with Crippen molar-refractivity contribution in [3.05, 3.63) is 65.2 Å². The molecule has 0 atom stereocenters. The summed E-state index contributed by atoms with van der Waals surface area (Å²) >= 11 is 0. The molecular weight excluding hydrogens is 280 g/mol. The molecule has 1 aliphatic carbocycles. The lowest BCUT2D eigenvalue weighted by molar-refractivity contribution is 0.0954. The number of hydrogen-bond donors (Lipinski definition) is 3. The second-order valence-corrected chi connectivity index (χ2v) is 4.96. The molecule has 22 heavy (non-hydrogen) atoms. The molecule has 0 fully saturated rings. The van der Waals surface area contributed by atoms with E-state index >= 15 is 0 Å². The number of rotatable bonds is 3. The maximum atomic E-state index is 11.9. The van der Waals surface area contributed by atoms with Crippen LogP contribution in [-0.4, -0.2) is 22.3 Å². The molecule has 0 radical (unpaired) electrons. The van der Waals surface area contributed by atoms with Gasteiger partial charge in [0, 0.05) is 11.6 Å². The van der Waals surface area contributed by atoms with Crippen LogP contribution < -0.4 is 5.43 Å². The van der Waals surface area contributed by atoms with Gasteiger partial charge in [-0.3, -0.25) is 4.79 Å². The topological polar surface area (TPSA) is 81.9 Å². The van der Waals surface area contributed by atoms with Crippen LogP contribution in [0.15, 0.2) is 53.6 Å². The van der Waals surface area contributed by atoms with Gasteiger partial charge in [0.25, 0.3) is 5.91 Å². The van der Waals surface area contributed by atoms with Crippen molar-refractivity contribution in [2.45, 2.75) is 6.42 Å². The fourth-order valence-corrected chi connectivity index (χ4v) is 2.38. The third-order valence-corrected chi connectivity index (χ3v) is 3.40. The summed E-state index contributed by atoms with van der Waals surface area (Å²) in [7, 11) is 0. The van der Waals surface area contributed by atoms with Crippen molar-refractivity contribution < 1.29 is 15.0 Å². The molecule has 5 nitrogen and oxygen atoms in total. The average molecular weight is 294 g/mol. The van der Waals surface area contributed by atoms with Gasteiger partial charge < -0.3 is 10.2 Å². The molecular formula is C17H14N2O3. The SMILES string of the molecule is O=C(N/N=C/C1=CCc2ccccc21)c1cc(O)cc(O)c1. The quantitative estimate of drug-likeness (QED) is 0.600. The van der Waals surface area contributed by atoms with Crippen molar-refractivity contribution in [3.63, 3.8) is 0 Å². The highest BCUT2D eigenvalue weighted by atomic mass is 16.3. The van der Waals surface area contributed by atoms with Crippen molar-refractivity contribution in [1.82, 2.24) is 5.43 Å². The maximum Gasteiger partial charge on any atom is 0.271 e. The first-order chi connectivity index (χ1) is 10.6. The number of amides is 1. The molecule has 2 aromatic carbocycles. The Morgan fingerprint density at radius 2 is 1.86 bits per heavy atom. The van der Waals surface area contributed by atoms with Crippen LogP contribution in [0, 0.1) is 0 Å². The van der Waals surface area contributed by atoms with Gasteiger partial charge in [-0.2, -0.15) is 5.10 Å². The molecule has 0 heterocycles. The van der Waals surface area contributed by atoms with Crippen LogP contribution in [-0.2, 0) is 6.42 Å². The van der Waals surface area contributed by atoms with Crippen molar-refractivity contribution in [2.75, 3.05) is 0 Å². The number of nitrogens with zero attached hydrogens (tertiary/aromatic N) is 1. The van der Waals surface area contributed by atoms with Gasteiger partial charge in [0.1, 0.15) is 11.5 Å². The molecule has 0 aromatic heterocycles. The number of carbonyl (C=O) groups excluding carboxylic acids is 1. The number of aromatic hydroxyl groups is 2. The Bertz CT molecular complexity index is 774. The zero-order valence-electron chi connectivity index (χ0n) is 11.7. The molecule has 1 aliphatic rings. The van der Waals surface area contributed by atoms with E-state index in [9.17, 15) is 15.0 Å². The highest BCUT2D eigenvalue weighted by Gasteiger charge is 2.11. The van der Waals surface area contributed by atoms with Crippen molar-refractivity contribution in [1.29, 1.82) is 0 Å². The molecule has 5 heteroatoms. The molecule has 0 spiro atoms. The second kappa shape index (κ2) is 5.73. The summed E-state index contributed by atoms with van der Waals surface area (Å²) in [5.41, 5.74) is 5.80. The van der Waals surface area contributed by atoms with E-state index in [0.29, 0.717) is 0 Å². The highest BCUT2D eigenvalue weighted by Crippen LogP contribution is 2.25. The summed E-state index contributed by atoms with van der Waals surface area (Å²) in [5, 5.41) is 22.7. The van der Waals surface area contributed by atoms with Gasteiger partial charge in [-0.15, -0.1) is 0 Å². The van der Waals surface area contributed by atoms with E-state index < -0.39 is 5.91 Å². The summed E-state index contributed by atoms with van der Waals surface area (Å²) in [6.45, 7) is 0. The molecule has 110 valence electrons. The van der Waals surface area contributed by atoms with Crippen LogP contribution in [0.2, 0.25) is 0 Å². The minimum absolute atomic E-state index is 0.135. The molecule has 3 N–H and O–H groups in total. The fourth-order valence-electron chi connectivity index (χ4n) is 2.38. The Morgan fingerprint density at radius 3 is 2.64 bits per heavy atom.